The van der Waals surface area contributed by atoms with E-state index in [1.165, 1.54) is 5.56 Å². The Hall–Kier alpha value is -3.19. The molecule has 0 saturated carbocycles. The van der Waals surface area contributed by atoms with Crippen molar-refractivity contribution in [2.24, 2.45) is 0 Å². The molecule has 0 aliphatic rings. The van der Waals surface area contributed by atoms with Gasteiger partial charge in [0.25, 0.3) is 5.91 Å². The van der Waals surface area contributed by atoms with Gasteiger partial charge in [0, 0.05) is 23.2 Å². The number of hydrogen-bond acceptors (Lipinski definition) is 4. The van der Waals surface area contributed by atoms with Gasteiger partial charge in [0.15, 0.2) is 0 Å². The van der Waals surface area contributed by atoms with Crippen LogP contribution in [0.4, 0.5) is 5.82 Å². The monoisotopic (exact) mass is 377 g/mol. The Bertz CT molecular complexity index is 1100. The highest BCUT2D eigenvalue weighted by Gasteiger charge is 2.15. The first-order chi connectivity index (χ1) is 13.0. The molecule has 6 nitrogen and oxygen atoms in total. The number of benzene rings is 1. The molecule has 4 rings (SSSR count). The Morgan fingerprint density at radius 1 is 1.15 bits per heavy atom. The lowest BCUT2D eigenvalue weighted by Gasteiger charge is -2.08. The van der Waals surface area contributed by atoms with Gasteiger partial charge in [0.2, 0.25) is 0 Å². The fourth-order valence-corrected chi connectivity index (χ4v) is 3.45. The number of aromatic nitrogens is 4. The first-order valence-corrected chi connectivity index (χ1v) is 9.43. The Kier molecular flexibility index (Phi) is 4.37. The maximum absolute atomic E-state index is 12.7. The molecule has 2 N–H and O–H groups in total. The van der Waals surface area contributed by atoms with Gasteiger partial charge in [0.05, 0.1) is 22.1 Å². The minimum absolute atomic E-state index is 0.221. The summed E-state index contributed by atoms with van der Waals surface area (Å²) in [5, 5.41) is 10.4. The van der Waals surface area contributed by atoms with E-state index in [4.69, 9.17) is 0 Å². The zero-order valence-corrected chi connectivity index (χ0v) is 16.1. The lowest BCUT2D eigenvalue weighted by Crippen LogP contribution is -2.15. The Labute approximate surface area is 160 Å². The fourth-order valence-electron chi connectivity index (χ4n) is 2.82. The summed E-state index contributed by atoms with van der Waals surface area (Å²) in [5.41, 5.74) is 5.14. The van der Waals surface area contributed by atoms with Crippen molar-refractivity contribution in [3.63, 3.8) is 0 Å². The predicted octanol–water partition coefficient (Wildman–Crippen LogP) is 4.50. The number of amides is 1. The summed E-state index contributed by atoms with van der Waals surface area (Å²) in [6.07, 6.45) is 1.80. The molecule has 1 amide bonds. The molecule has 27 heavy (non-hydrogen) atoms. The van der Waals surface area contributed by atoms with Gasteiger partial charge in [0.1, 0.15) is 11.5 Å². The summed E-state index contributed by atoms with van der Waals surface area (Å²) >= 11 is 1.59. The van der Waals surface area contributed by atoms with Crippen molar-refractivity contribution in [1.29, 1.82) is 0 Å². The van der Waals surface area contributed by atoms with Crippen molar-refractivity contribution in [1.82, 2.24) is 19.7 Å². The van der Waals surface area contributed by atoms with Crippen LogP contribution in [0.15, 0.2) is 48.0 Å². The van der Waals surface area contributed by atoms with Crippen molar-refractivity contribution in [3.05, 3.63) is 69.9 Å². The standard InChI is InChI=1S/C20H19N5OS/c1-12-4-6-16(7-5-12)25-19(8-13(2)24-25)23-20(26)17-9-15(10-21-17)18-11-27-14(3)22-18/h4-11,21H,1-3H3,(H,23,26). The summed E-state index contributed by atoms with van der Waals surface area (Å²) in [4.78, 5) is 20.2. The maximum Gasteiger partial charge on any atom is 0.273 e. The third-order valence-electron chi connectivity index (χ3n) is 4.19. The minimum atomic E-state index is -0.221. The van der Waals surface area contributed by atoms with Crippen LogP contribution in [0.25, 0.3) is 16.9 Å². The SMILES string of the molecule is Cc1ccc(-n2nc(C)cc2NC(=O)c2cc(-c3csc(C)n3)c[nH]2)cc1. The molecule has 0 bridgehead atoms. The van der Waals surface area contributed by atoms with E-state index < -0.39 is 0 Å². The lowest BCUT2D eigenvalue weighted by atomic mass is 10.2. The Morgan fingerprint density at radius 3 is 2.63 bits per heavy atom. The molecule has 0 fully saturated rings. The molecule has 136 valence electrons. The van der Waals surface area contributed by atoms with Crippen LogP contribution in [-0.2, 0) is 0 Å². The number of aryl methyl sites for hydroxylation is 3. The molecule has 0 aliphatic heterocycles. The number of H-pyrrole nitrogens is 1. The van der Waals surface area contributed by atoms with Gasteiger partial charge in [-0.2, -0.15) is 5.10 Å². The summed E-state index contributed by atoms with van der Waals surface area (Å²) < 4.78 is 1.74. The smallest absolute Gasteiger partial charge is 0.273 e. The highest BCUT2D eigenvalue weighted by Crippen LogP contribution is 2.23. The molecule has 7 heteroatoms. The first-order valence-electron chi connectivity index (χ1n) is 8.55. The molecule has 3 aromatic heterocycles. The number of anilines is 1. The number of nitrogens with one attached hydrogen (secondary N) is 2. The second kappa shape index (κ2) is 6.85. The summed E-state index contributed by atoms with van der Waals surface area (Å²) in [6.45, 7) is 5.90. The van der Waals surface area contributed by atoms with Crippen molar-refractivity contribution >= 4 is 23.1 Å². The van der Waals surface area contributed by atoms with E-state index in [-0.39, 0.29) is 5.91 Å². The van der Waals surface area contributed by atoms with E-state index in [1.807, 2.05) is 62.5 Å². The van der Waals surface area contributed by atoms with Gasteiger partial charge in [-0.05, 0) is 39.0 Å². The molecular formula is C20H19N5OS. The van der Waals surface area contributed by atoms with E-state index in [0.717, 1.165) is 27.6 Å². The third kappa shape index (κ3) is 3.54. The molecule has 0 unspecified atom stereocenters. The number of aromatic amines is 1. The largest absolute Gasteiger partial charge is 0.357 e. The minimum Gasteiger partial charge on any atom is -0.357 e. The van der Waals surface area contributed by atoms with E-state index in [2.05, 4.69) is 20.4 Å². The van der Waals surface area contributed by atoms with Crippen molar-refractivity contribution < 1.29 is 4.79 Å². The summed E-state index contributed by atoms with van der Waals surface area (Å²) in [7, 11) is 0. The topological polar surface area (TPSA) is 75.6 Å². The van der Waals surface area contributed by atoms with Gasteiger partial charge in [-0.15, -0.1) is 11.3 Å². The van der Waals surface area contributed by atoms with Crippen LogP contribution >= 0.6 is 11.3 Å². The van der Waals surface area contributed by atoms with Gasteiger partial charge < -0.3 is 10.3 Å². The van der Waals surface area contributed by atoms with Gasteiger partial charge in [-0.3, -0.25) is 4.79 Å². The predicted molar refractivity (Wildman–Crippen MR) is 108 cm³/mol. The molecule has 0 radical (unpaired) electrons. The summed E-state index contributed by atoms with van der Waals surface area (Å²) in [6, 6.07) is 11.7. The number of hydrogen-bond donors (Lipinski definition) is 2. The molecule has 4 aromatic rings. The van der Waals surface area contributed by atoms with Crippen LogP contribution in [0.1, 0.15) is 26.8 Å². The maximum atomic E-state index is 12.7. The highest BCUT2D eigenvalue weighted by atomic mass is 32.1. The Balaban J connectivity index is 1.59. The molecule has 0 saturated heterocycles. The van der Waals surface area contributed by atoms with E-state index in [9.17, 15) is 4.79 Å². The molecule has 0 aliphatic carbocycles. The fraction of sp³-hybridized carbons (Fsp3) is 0.150. The van der Waals surface area contributed by atoms with E-state index >= 15 is 0 Å². The average Bonchev–Trinajstić information content (AvgIpc) is 3.35. The van der Waals surface area contributed by atoms with E-state index in [0.29, 0.717) is 11.5 Å². The van der Waals surface area contributed by atoms with Crippen molar-refractivity contribution in [3.8, 4) is 16.9 Å². The van der Waals surface area contributed by atoms with Gasteiger partial charge in [-0.25, -0.2) is 9.67 Å². The van der Waals surface area contributed by atoms with Crippen LogP contribution in [0.5, 0.6) is 0 Å². The molecule has 0 atom stereocenters. The molecule has 1 aromatic carbocycles. The van der Waals surface area contributed by atoms with Crippen LogP contribution in [0.2, 0.25) is 0 Å². The number of rotatable bonds is 4. The van der Waals surface area contributed by atoms with Crippen LogP contribution in [0, 0.1) is 20.8 Å². The number of nitrogens with zero attached hydrogens (tertiary/aromatic N) is 3. The van der Waals surface area contributed by atoms with Crippen LogP contribution in [0.3, 0.4) is 0 Å². The zero-order chi connectivity index (χ0) is 19.0. The number of carbonyl (C=O) groups is 1. The van der Waals surface area contributed by atoms with Crippen molar-refractivity contribution in [2.75, 3.05) is 5.32 Å². The summed E-state index contributed by atoms with van der Waals surface area (Å²) in [5.74, 6) is 0.406. The number of carbonyl (C=O) groups excluding carboxylic acids is 1. The second-order valence-corrected chi connectivity index (χ2v) is 7.49. The molecule has 0 spiro atoms. The lowest BCUT2D eigenvalue weighted by molar-refractivity contribution is 0.102. The van der Waals surface area contributed by atoms with Crippen LogP contribution < -0.4 is 5.32 Å². The zero-order valence-electron chi connectivity index (χ0n) is 15.3. The third-order valence-corrected chi connectivity index (χ3v) is 4.97. The highest BCUT2D eigenvalue weighted by molar-refractivity contribution is 7.09. The van der Waals surface area contributed by atoms with E-state index in [1.54, 1.807) is 22.2 Å². The van der Waals surface area contributed by atoms with Gasteiger partial charge in [-0.1, -0.05) is 17.7 Å². The molecular weight excluding hydrogens is 358 g/mol. The normalized spacial score (nSPS) is 10.9. The van der Waals surface area contributed by atoms with Gasteiger partial charge >= 0.3 is 0 Å². The quantitative estimate of drug-likeness (QED) is 0.550. The first kappa shape index (κ1) is 17.2. The average molecular weight is 377 g/mol. The molecule has 3 heterocycles. The van der Waals surface area contributed by atoms with Crippen molar-refractivity contribution in [2.45, 2.75) is 20.8 Å². The number of thiazole rings is 1. The second-order valence-electron chi connectivity index (χ2n) is 6.43. The Morgan fingerprint density at radius 2 is 1.93 bits per heavy atom. The van der Waals surface area contributed by atoms with Crippen LogP contribution in [-0.4, -0.2) is 25.7 Å².